The average molecular weight is 243 g/mol. The van der Waals surface area contributed by atoms with Crippen LogP contribution in [0.2, 0.25) is 0 Å². The molecule has 2 fully saturated rings. The van der Waals surface area contributed by atoms with E-state index in [1.54, 1.807) is 0 Å². The van der Waals surface area contributed by atoms with Crippen LogP contribution in [0.25, 0.3) is 0 Å². The largest absolute Gasteiger partial charge is 0.353 e. The SMILES string of the molecule is CC1CCC(NC(=O)C2(c3ccccc3)CC2)C1. The van der Waals surface area contributed by atoms with Crippen molar-refractivity contribution in [2.24, 2.45) is 5.92 Å². The summed E-state index contributed by atoms with van der Waals surface area (Å²) in [5.41, 5.74) is 0.987. The van der Waals surface area contributed by atoms with Crippen molar-refractivity contribution in [1.29, 1.82) is 0 Å². The van der Waals surface area contributed by atoms with Crippen molar-refractivity contribution in [2.45, 2.75) is 50.5 Å². The molecule has 1 aromatic carbocycles. The summed E-state index contributed by atoms with van der Waals surface area (Å²) in [6.07, 6.45) is 5.56. The maximum absolute atomic E-state index is 12.5. The number of hydrogen-bond acceptors (Lipinski definition) is 1. The lowest BCUT2D eigenvalue weighted by atomic mass is 9.94. The minimum Gasteiger partial charge on any atom is -0.353 e. The van der Waals surface area contributed by atoms with E-state index in [-0.39, 0.29) is 11.3 Å². The highest BCUT2D eigenvalue weighted by Crippen LogP contribution is 2.48. The lowest BCUT2D eigenvalue weighted by molar-refractivity contribution is -0.124. The molecule has 2 heteroatoms. The summed E-state index contributed by atoms with van der Waals surface area (Å²) in [4.78, 5) is 12.5. The molecule has 96 valence electrons. The number of carbonyl (C=O) groups excluding carboxylic acids is 1. The molecule has 3 rings (SSSR count). The molecule has 2 nitrogen and oxygen atoms in total. The van der Waals surface area contributed by atoms with Crippen LogP contribution in [0.1, 0.15) is 44.6 Å². The van der Waals surface area contributed by atoms with Gasteiger partial charge in [-0.25, -0.2) is 0 Å². The maximum Gasteiger partial charge on any atom is 0.230 e. The molecular formula is C16H21NO. The minimum absolute atomic E-state index is 0.201. The fraction of sp³-hybridized carbons (Fsp3) is 0.562. The second-order valence-corrected chi connectivity index (χ2v) is 6.04. The first-order valence-corrected chi connectivity index (χ1v) is 7.07. The van der Waals surface area contributed by atoms with Gasteiger partial charge in [0.05, 0.1) is 5.41 Å². The zero-order valence-corrected chi connectivity index (χ0v) is 11.0. The highest BCUT2D eigenvalue weighted by molar-refractivity contribution is 5.91. The van der Waals surface area contributed by atoms with Gasteiger partial charge in [-0.3, -0.25) is 4.79 Å². The van der Waals surface area contributed by atoms with E-state index in [1.807, 2.05) is 18.2 Å². The van der Waals surface area contributed by atoms with E-state index in [1.165, 1.54) is 12.0 Å². The molecule has 1 aromatic rings. The summed E-state index contributed by atoms with van der Waals surface area (Å²) < 4.78 is 0. The molecule has 0 aromatic heterocycles. The summed E-state index contributed by atoms with van der Waals surface area (Å²) >= 11 is 0. The van der Waals surface area contributed by atoms with Gasteiger partial charge in [-0.15, -0.1) is 0 Å². The Morgan fingerprint density at radius 3 is 2.50 bits per heavy atom. The Morgan fingerprint density at radius 1 is 1.22 bits per heavy atom. The molecule has 2 aliphatic carbocycles. The Morgan fingerprint density at radius 2 is 1.94 bits per heavy atom. The Bertz CT molecular complexity index is 436. The van der Waals surface area contributed by atoms with E-state index < -0.39 is 0 Å². The van der Waals surface area contributed by atoms with Crippen LogP contribution in [0.5, 0.6) is 0 Å². The normalized spacial score (nSPS) is 28.9. The molecule has 1 amide bonds. The lowest BCUT2D eigenvalue weighted by Crippen LogP contribution is -2.40. The molecule has 0 aliphatic heterocycles. The van der Waals surface area contributed by atoms with Gasteiger partial charge in [0.2, 0.25) is 5.91 Å². The number of rotatable bonds is 3. The van der Waals surface area contributed by atoms with E-state index in [0.29, 0.717) is 6.04 Å². The topological polar surface area (TPSA) is 29.1 Å². The standard InChI is InChI=1S/C16H21NO/c1-12-7-8-14(11-12)17-15(18)16(9-10-16)13-5-3-2-4-6-13/h2-6,12,14H,7-11H2,1H3,(H,17,18). The fourth-order valence-corrected chi connectivity index (χ4v) is 3.19. The van der Waals surface area contributed by atoms with Gasteiger partial charge in [-0.05, 0) is 43.6 Å². The Kier molecular flexibility index (Phi) is 2.89. The van der Waals surface area contributed by atoms with E-state index in [4.69, 9.17) is 0 Å². The van der Waals surface area contributed by atoms with Crippen molar-refractivity contribution in [2.75, 3.05) is 0 Å². The molecule has 0 spiro atoms. The summed E-state index contributed by atoms with van der Waals surface area (Å²) in [6, 6.07) is 10.7. The Balaban J connectivity index is 1.69. The highest BCUT2D eigenvalue weighted by atomic mass is 16.2. The average Bonchev–Trinajstić information content (AvgIpc) is 3.10. The third-order valence-corrected chi connectivity index (χ3v) is 4.54. The molecule has 2 atom stereocenters. The van der Waals surface area contributed by atoms with Crippen LogP contribution in [-0.4, -0.2) is 11.9 Å². The molecule has 2 saturated carbocycles. The van der Waals surface area contributed by atoms with Gasteiger partial charge in [0, 0.05) is 6.04 Å². The molecular weight excluding hydrogens is 222 g/mol. The van der Waals surface area contributed by atoms with Crippen molar-refractivity contribution in [1.82, 2.24) is 5.32 Å². The first-order valence-electron chi connectivity index (χ1n) is 7.07. The third kappa shape index (κ3) is 2.05. The number of nitrogens with one attached hydrogen (secondary N) is 1. The zero-order valence-electron chi connectivity index (χ0n) is 11.0. The summed E-state index contributed by atoms with van der Waals surface area (Å²) in [5, 5.41) is 3.27. The van der Waals surface area contributed by atoms with Crippen LogP contribution in [-0.2, 0) is 10.2 Å². The van der Waals surface area contributed by atoms with Crippen molar-refractivity contribution in [3.05, 3.63) is 35.9 Å². The molecule has 0 bridgehead atoms. The molecule has 2 unspecified atom stereocenters. The van der Waals surface area contributed by atoms with Crippen molar-refractivity contribution in [3.63, 3.8) is 0 Å². The van der Waals surface area contributed by atoms with Gasteiger partial charge >= 0.3 is 0 Å². The van der Waals surface area contributed by atoms with Crippen molar-refractivity contribution < 1.29 is 4.79 Å². The van der Waals surface area contributed by atoms with E-state index >= 15 is 0 Å². The van der Waals surface area contributed by atoms with Gasteiger partial charge in [0.15, 0.2) is 0 Å². The van der Waals surface area contributed by atoms with Crippen molar-refractivity contribution in [3.8, 4) is 0 Å². The third-order valence-electron chi connectivity index (χ3n) is 4.54. The first-order chi connectivity index (χ1) is 8.71. The molecule has 2 aliphatic rings. The molecule has 0 saturated heterocycles. The zero-order chi connectivity index (χ0) is 12.6. The van der Waals surface area contributed by atoms with Crippen molar-refractivity contribution >= 4 is 5.91 Å². The number of hydrogen-bond donors (Lipinski definition) is 1. The first kappa shape index (κ1) is 11.8. The second-order valence-electron chi connectivity index (χ2n) is 6.04. The number of amides is 1. The van der Waals surface area contributed by atoms with Crippen LogP contribution in [0, 0.1) is 5.92 Å². The van der Waals surface area contributed by atoms with E-state index in [2.05, 4.69) is 24.4 Å². The maximum atomic E-state index is 12.5. The van der Waals surface area contributed by atoms with Crippen LogP contribution in [0.3, 0.4) is 0 Å². The summed E-state index contributed by atoms with van der Waals surface area (Å²) in [7, 11) is 0. The second kappa shape index (κ2) is 4.42. The van der Waals surface area contributed by atoms with Gasteiger partial charge in [-0.2, -0.15) is 0 Å². The molecule has 0 heterocycles. The summed E-state index contributed by atoms with van der Waals surface area (Å²) in [5.74, 6) is 1.02. The van der Waals surface area contributed by atoms with Crippen LogP contribution in [0.15, 0.2) is 30.3 Å². The van der Waals surface area contributed by atoms with E-state index in [9.17, 15) is 4.79 Å². The lowest BCUT2D eigenvalue weighted by Gasteiger charge is -2.19. The number of benzene rings is 1. The quantitative estimate of drug-likeness (QED) is 0.868. The molecule has 18 heavy (non-hydrogen) atoms. The smallest absolute Gasteiger partial charge is 0.230 e. The highest BCUT2D eigenvalue weighted by Gasteiger charge is 2.51. The monoisotopic (exact) mass is 243 g/mol. The minimum atomic E-state index is -0.201. The van der Waals surface area contributed by atoms with E-state index in [0.717, 1.165) is 31.6 Å². The van der Waals surface area contributed by atoms with Crippen LogP contribution >= 0.6 is 0 Å². The fourth-order valence-electron chi connectivity index (χ4n) is 3.19. The van der Waals surface area contributed by atoms with Crippen LogP contribution in [0.4, 0.5) is 0 Å². The van der Waals surface area contributed by atoms with Gasteiger partial charge in [-0.1, -0.05) is 37.3 Å². The predicted octanol–water partition coefficient (Wildman–Crippen LogP) is 3.02. The van der Waals surface area contributed by atoms with Gasteiger partial charge < -0.3 is 5.32 Å². The molecule has 1 N–H and O–H groups in total. The Hall–Kier alpha value is -1.31. The van der Waals surface area contributed by atoms with Gasteiger partial charge in [0.25, 0.3) is 0 Å². The molecule has 0 radical (unpaired) electrons. The van der Waals surface area contributed by atoms with Crippen LogP contribution < -0.4 is 5.32 Å². The Labute approximate surface area is 109 Å². The summed E-state index contributed by atoms with van der Waals surface area (Å²) in [6.45, 7) is 2.27. The van der Waals surface area contributed by atoms with Gasteiger partial charge in [0.1, 0.15) is 0 Å². The number of carbonyl (C=O) groups is 1. The predicted molar refractivity (Wildman–Crippen MR) is 72.3 cm³/mol.